The van der Waals surface area contributed by atoms with Gasteiger partial charge in [-0.05, 0) is 60.8 Å². The molecule has 3 aliphatic rings. The summed E-state index contributed by atoms with van der Waals surface area (Å²) in [6, 6.07) is 3.24. The summed E-state index contributed by atoms with van der Waals surface area (Å²) in [6.07, 6.45) is 3.81. The standard InChI is InChI=1S/C16H34N6/c1-10-7-13(4)20(17-10)16(21-14(5)8-11(2)18-21)22-15(6)9-12(3)19-22/h10-19H,7-9H2,1-6H3. The van der Waals surface area contributed by atoms with E-state index in [9.17, 15) is 0 Å². The molecular formula is C16H34N6. The minimum atomic E-state index is 0.208. The lowest BCUT2D eigenvalue weighted by Crippen LogP contribution is -2.68. The Bertz CT molecular complexity index is 334. The molecule has 3 saturated heterocycles. The van der Waals surface area contributed by atoms with Crippen LogP contribution in [0.2, 0.25) is 0 Å². The average Bonchev–Trinajstić information content (AvgIpc) is 3.02. The first-order valence-electron chi connectivity index (χ1n) is 9.00. The molecule has 0 bridgehead atoms. The van der Waals surface area contributed by atoms with Gasteiger partial charge in [0.25, 0.3) is 0 Å². The van der Waals surface area contributed by atoms with Crippen molar-refractivity contribution in [1.29, 1.82) is 0 Å². The van der Waals surface area contributed by atoms with Crippen molar-refractivity contribution in [3.63, 3.8) is 0 Å². The number of hydrazine groups is 3. The third-order valence-electron chi connectivity index (χ3n) is 5.36. The fraction of sp³-hybridized carbons (Fsp3) is 1.00. The first-order valence-corrected chi connectivity index (χ1v) is 9.00. The Morgan fingerprint density at radius 2 is 0.864 bits per heavy atom. The Balaban J connectivity index is 1.85. The van der Waals surface area contributed by atoms with Gasteiger partial charge in [-0.15, -0.1) is 0 Å². The summed E-state index contributed by atoms with van der Waals surface area (Å²) in [5.41, 5.74) is 11.1. The molecule has 3 heterocycles. The maximum atomic E-state index is 3.70. The second kappa shape index (κ2) is 6.34. The van der Waals surface area contributed by atoms with E-state index >= 15 is 0 Å². The summed E-state index contributed by atoms with van der Waals surface area (Å²) in [7, 11) is 0. The molecule has 3 rings (SSSR count). The lowest BCUT2D eigenvalue weighted by Gasteiger charge is -2.45. The van der Waals surface area contributed by atoms with Crippen molar-refractivity contribution in [2.75, 3.05) is 0 Å². The van der Waals surface area contributed by atoms with Crippen molar-refractivity contribution in [2.45, 2.75) is 103 Å². The molecule has 0 aromatic carbocycles. The molecule has 0 amide bonds. The lowest BCUT2D eigenvalue weighted by atomic mass is 10.1. The summed E-state index contributed by atoms with van der Waals surface area (Å²) in [6.45, 7) is 13.8. The smallest absolute Gasteiger partial charge is 0.158 e. The predicted octanol–water partition coefficient (Wildman–Crippen LogP) is 1.23. The van der Waals surface area contributed by atoms with Crippen molar-refractivity contribution in [2.24, 2.45) is 0 Å². The van der Waals surface area contributed by atoms with Crippen LogP contribution in [0.4, 0.5) is 0 Å². The zero-order valence-electron chi connectivity index (χ0n) is 15.0. The summed E-state index contributed by atoms with van der Waals surface area (Å²) in [5.74, 6) is 0. The van der Waals surface area contributed by atoms with Crippen LogP contribution in [-0.4, -0.2) is 57.6 Å². The van der Waals surface area contributed by atoms with E-state index in [2.05, 4.69) is 72.8 Å². The Labute approximate surface area is 135 Å². The Hall–Kier alpha value is -0.240. The van der Waals surface area contributed by atoms with Crippen LogP contribution in [-0.2, 0) is 0 Å². The molecule has 0 spiro atoms. The summed E-state index contributed by atoms with van der Waals surface area (Å²) < 4.78 is 0. The first kappa shape index (κ1) is 16.6. The van der Waals surface area contributed by atoms with Crippen LogP contribution in [0.25, 0.3) is 0 Å². The number of rotatable bonds is 3. The quantitative estimate of drug-likeness (QED) is 0.729. The highest BCUT2D eigenvalue weighted by atomic mass is 15.8. The molecule has 6 unspecified atom stereocenters. The topological polar surface area (TPSA) is 45.8 Å². The van der Waals surface area contributed by atoms with Gasteiger partial charge in [0.1, 0.15) is 0 Å². The minimum Gasteiger partial charge on any atom is -0.249 e. The monoisotopic (exact) mass is 310 g/mol. The molecule has 22 heavy (non-hydrogen) atoms. The highest BCUT2D eigenvalue weighted by molar-refractivity contribution is 4.91. The molecule has 128 valence electrons. The fourth-order valence-electron chi connectivity index (χ4n) is 4.46. The Morgan fingerprint density at radius 3 is 1.05 bits per heavy atom. The summed E-state index contributed by atoms with van der Waals surface area (Å²) >= 11 is 0. The molecular weight excluding hydrogens is 276 g/mol. The number of nitrogens with zero attached hydrogens (tertiary/aromatic N) is 3. The van der Waals surface area contributed by atoms with E-state index < -0.39 is 0 Å². The van der Waals surface area contributed by atoms with E-state index in [1.807, 2.05) is 0 Å². The Kier molecular flexibility index (Phi) is 4.79. The Morgan fingerprint density at radius 1 is 0.591 bits per heavy atom. The second-order valence-corrected chi connectivity index (χ2v) is 7.91. The zero-order chi connectivity index (χ0) is 16.0. The SMILES string of the molecule is CC1CC(C)N(C(N2NC(C)CC2C)N2NC(C)CC2C)N1. The molecule has 0 aliphatic carbocycles. The van der Waals surface area contributed by atoms with Gasteiger partial charge in [-0.25, -0.2) is 31.3 Å². The van der Waals surface area contributed by atoms with Gasteiger partial charge < -0.3 is 0 Å². The van der Waals surface area contributed by atoms with Gasteiger partial charge in [0.2, 0.25) is 0 Å². The van der Waals surface area contributed by atoms with E-state index in [4.69, 9.17) is 0 Å². The average molecular weight is 310 g/mol. The molecule has 3 fully saturated rings. The molecule has 0 radical (unpaired) electrons. The number of hydrogen-bond donors (Lipinski definition) is 3. The van der Waals surface area contributed by atoms with Gasteiger partial charge in [0, 0.05) is 36.3 Å². The minimum absolute atomic E-state index is 0.208. The third-order valence-corrected chi connectivity index (χ3v) is 5.36. The normalized spacial score (nSPS) is 46.6. The van der Waals surface area contributed by atoms with E-state index in [1.165, 1.54) is 19.3 Å². The highest BCUT2D eigenvalue weighted by Gasteiger charge is 2.46. The van der Waals surface area contributed by atoms with Gasteiger partial charge in [-0.3, -0.25) is 0 Å². The molecule has 6 atom stereocenters. The van der Waals surface area contributed by atoms with E-state index in [0.717, 1.165) is 0 Å². The maximum Gasteiger partial charge on any atom is 0.158 e. The molecule has 3 aliphatic heterocycles. The van der Waals surface area contributed by atoms with E-state index in [1.54, 1.807) is 0 Å². The predicted molar refractivity (Wildman–Crippen MR) is 89.3 cm³/mol. The molecule has 0 saturated carbocycles. The number of hydrogen-bond acceptors (Lipinski definition) is 6. The molecule has 6 nitrogen and oxygen atoms in total. The fourth-order valence-corrected chi connectivity index (χ4v) is 4.46. The van der Waals surface area contributed by atoms with Gasteiger partial charge >= 0.3 is 0 Å². The van der Waals surface area contributed by atoms with E-state index in [-0.39, 0.29) is 6.29 Å². The summed E-state index contributed by atoms with van der Waals surface area (Å²) in [4.78, 5) is 0. The van der Waals surface area contributed by atoms with Crippen LogP contribution in [0.5, 0.6) is 0 Å². The summed E-state index contributed by atoms with van der Waals surface area (Å²) in [5, 5.41) is 7.36. The molecule has 3 N–H and O–H groups in total. The van der Waals surface area contributed by atoms with Gasteiger partial charge in [-0.1, -0.05) is 0 Å². The van der Waals surface area contributed by atoms with Crippen LogP contribution in [0, 0.1) is 0 Å². The second-order valence-electron chi connectivity index (χ2n) is 7.91. The van der Waals surface area contributed by atoms with E-state index in [0.29, 0.717) is 36.3 Å². The van der Waals surface area contributed by atoms with Crippen LogP contribution in [0.15, 0.2) is 0 Å². The maximum absolute atomic E-state index is 3.70. The van der Waals surface area contributed by atoms with Gasteiger partial charge in [0.05, 0.1) is 0 Å². The first-order chi connectivity index (χ1) is 10.4. The molecule has 0 aromatic heterocycles. The van der Waals surface area contributed by atoms with Crippen LogP contribution < -0.4 is 16.3 Å². The molecule has 0 aromatic rings. The third kappa shape index (κ3) is 3.05. The van der Waals surface area contributed by atoms with Gasteiger partial charge in [0.15, 0.2) is 6.29 Å². The van der Waals surface area contributed by atoms with Crippen molar-refractivity contribution < 1.29 is 0 Å². The van der Waals surface area contributed by atoms with Crippen LogP contribution in [0.3, 0.4) is 0 Å². The van der Waals surface area contributed by atoms with Crippen molar-refractivity contribution in [1.82, 2.24) is 31.3 Å². The van der Waals surface area contributed by atoms with Crippen molar-refractivity contribution >= 4 is 0 Å². The highest BCUT2D eigenvalue weighted by Crippen LogP contribution is 2.29. The van der Waals surface area contributed by atoms with Crippen molar-refractivity contribution in [3.8, 4) is 0 Å². The van der Waals surface area contributed by atoms with Gasteiger partial charge in [-0.2, -0.15) is 0 Å². The zero-order valence-corrected chi connectivity index (χ0v) is 15.0. The largest absolute Gasteiger partial charge is 0.249 e. The lowest BCUT2D eigenvalue weighted by molar-refractivity contribution is -0.145. The van der Waals surface area contributed by atoms with Crippen molar-refractivity contribution in [3.05, 3.63) is 0 Å². The van der Waals surface area contributed by atoms with Crippen LogP contribution in [0.1, 0.15) is 60.8 Å². The molecule has 6 heteroatoms. The van der Waals surface area contributed by atoms with Crippen LogP contribution >= 0.6 is 0 Å². The number of nitrogens with one attached hydrogen (secondary N) is 3.